The van der Waals surface area contributed by atoms with Crippen molar-refractivity contribution in [2.45, 2.75) is 20.0 Å². The Kier molecular flexibility index (Phi) is 7.04. The van der Waals surface area contributed by atoms with Crippen LogP contribution >= 0.6 is 11.6 Å². The Morgan fingerprint density at radius 1 is 1.32 bits per heavy atom. The normalized spacial score (nSPS) is 11.8. The molecule has 1 rings (SSSR count). The summed E-state index contributed by atoms with van der Waals surface area (Å²) in [7, 11) is 0. The summed E-state index contributed by atoms with van der Waals surface area (Å²) in [5.74, 6) is -1.78. The zero-order valence-electron chi connectivity index (χ0n) is 12.0. The number of halogens is 1. The SMILES string of the molecule is CCOC(=O)C=CC(=O)OC(C)C(=O)Nc1ccc(Cl)cn1. The molecule has 1 N–H and O–H groups in total. The largest absolute Gasteiger partial charge is 0.463 e. The molecule has 118 valence electrons. The van der Waals surface area contributed by atoms with E-state index in [2.05, 4.69) is 15.0 Å². The van der Waals surface area contributed by atoms with Crippen molar-refractivity contribution in [1.82, 2.24) is 4.98 Å². The average Bonchev–Trinajstić information content (AvgIpc) is 2.47. The van der Waals surface area contributed by atoms with Crippen LogP contribution in [0.25, 0.3) is 0 Å². The molecule has 0 saturated heterocycles. The summed E-state index contributed by atoms with van der Waals surface area (Å²) in [6, 6.07) is 3.07. The van der Waals surface area contributed by atoms with Gasteiger partial charge in [-0.05, 0) is 26.0 Å². The van der Waals surface area contributed by atoms with Gasteiger partial charge >= 0.3 is 11.9 Å². The van der Waals surface area contributed by atoms with E-state index in [0.29, 0.717) is 5.02 Å². The van der Waals surface area contributed by atoms with Crippen molar-refractivity contribution in [3.8, 4) is 0 Å². The molecular formula is C14H15ClN2O5. The van der Waals surface area contributed by atoms with E-state index in [1.165, 1.54) is 19.2 Å². The van der Waals surface area contributed by atoms with Gasteiger partial charge in [0.15, 0.2) is 6.10 Å². The Hall–Kier alpha value is -2.41. The zero-order chi connectivity index (χ0) is 16.5. The third-order valence-electron chi connectivity index (χ3n) is 2.28. The number of hydrogen-bond donors (Lipinski definition) is 1. The smallest absolute Gasteiger partial charge is 0.331 e. The van der Waals surface area contributed by atoms with Crippen LogP contribution in [-0.2, 0) is 23.9 Å². The average molecular weight is 327 g/mol. The highest BCUT2D eigenvalue weighted by Crippen LogP contribution is 2.10. The molecule has 1 aromatic heterocycles. The molecule has 1 unspecified atom stereocenters. The Bertz CT molecular complexity index is 571. The second kappa shape index (κ2) is 8.78. The van der Waals surface area contributed by atoms with Crippen LogP contribution < -0.4 is 5.32 Å². The van der Waals surface area contributed by atoms with Gasteiger partial charge in [-0.3, -0.25) is 4.79 Å². The van der Waals surface area contributed by atoms with E-state index in [4.69, 9.17) is 16.3 Å². The molecule has 1 atom stereocenters. The van der Waals surface area contributed by atoms with Crippen LogP contribution in [-0.4, -0.2) is 35.5 Å². The summed E-state index contributed by atoms with van der Waals surface area (Å²) < 4.78 is 9.44. The molecule has 22 heavy (non-hydrogen) atoms. The highest BCUT2D eigenvalue weighted by molar-refractivity contribution is 6.30. The molecule has 1 aromatic rings. The Labute approximate surface area is 132 Å². The van der Waals surface area contributed by atoms with Crippen LogP contribution in [0.5, 0.6) is 0 Å². The number of carbonyl (C=O) groups excluding carboxylic acids is 3. The van der Waals surface area contributed by atoms with Crippen molar-refractivity contribution in [3.63, 3.8) is 0 Å². The minimum absolute atomic E-state index is 0.200. The first kappa shape index (κ1) is 17.6. The standard InChI is InChI=1S/C14H15ClN2O5/c1-3-21-12(18)6-7-13(19)22-9(2)14(20)17-11-5-4-10(15)8-16-11/h4-9H,3H2,1-2H3,(H,16,17,20). The van der Waals surface area contributed by atoms with E-state index >= 15 is 0 Å². The summed E-state index contributed by atoms with van der Waals surface area (Å²) in [6.07, 6.45) is 2.13. The lowest BCUT2D eigenvalue weighted by Crippen LogP contribution is -2.29. The fourth-order valence-electron chi connectivity index (χ4n) is 1.27. The van der Waals surface area contributed by atoms with Gasteiger partial charge in [0.05, 0.1) is 11.6 Å². The maximum Gasteiger partial charge on any atom is 0.331 e. The maximum absolute atomic E-state index is 11.8. The molecule has 1 amide bonds. The topological polar surface area (TPSA) is 94.6 Å². The number of carbonyl (C=O) groups is 3. The second-order valence-corrected chi connectivity index (χ2v) is 4.45. The predicted octanol–water partition coefficient (Wildman–Crippen LogP) is 1.72. The van der Waals surface area contributed by atoms with Crippen molar-refractivity contribution in [3.05, 3.63) is 35.5 Å². The van der Waals surface area contributed by atoms with Gasteiger partial charge in [-0.25, -0.2) is 14.6 Å². The lowest BCUT2D eigenvalue weighted by atomic mass is 10.3. The number of nitrogens with one attached hydrogen (secondary N) is 1. The van der Waals surface area contributed by atoms with E-state index in [-0.39, 0.29) is 12.4 Å². The van der Waals surface area contributed by atoms with E-state index in [9.17, 15) is 14.4 Å². The van der Waals surface area contributed by atoms with Gasteiger partial charge in [-0.15, -0.1) is 0 Å². The quantitative estimate of drug-likeness (QED) is 0.632. The monoisotopic (exact) mass is 326 g/mol. The van der Waals surface area contributed by atoms with Crippen LogP contribution in [0.3, 0.4) is 0 Å². The summed E-state index contributed by atoms with van der Waals surface area (Å²) in [6.45, 7) is 3.23. The van der Waals surface area contributed by atoms with Gasteiger partial charge in [0, 0.05) is 18.3 Å². The fourth-order valence-corrected chi connectivity index (χ4v) is 1.38. The number of esters is 2. The predicted molar refractivity (Wildman–Crippen MR) is 79.2 cm³/mol. The molecule has 0 fully saturated rings. The molecule has 0 spiro atoms. The number of anilines is 1. The van der Waals surface area contributed by atoms with Crippen molar-refractivity contribution in [2.24, 2.45) is 0 Å². The van der Waals surface area contributed by atoms with Gasteiger partial charge in [-0.2, -0.15) is 0 Å². The molecular weight excluding hydrogens is 312 g/mol. The first-order valence-electron chi connectivity index (χ1n) is 6.40. The molecule has 0 aliphatic rings. The number of aromatic nitrogens is 1. The van der Waals surface area contributed by atoms with Crippen molar-refractivity contribution < 1.29 is 23.9 Å². The van der Waals surface area contributed by atoms with Crippen LogP contribution in [0.2, 0.25) is 5.02 Å². The molecule has 1 heterocycles. The summed E-state index contributed by atoms with van der Waals surface area (Å²) in [4.78, 5) is 38.1. The van der Waals surface area contributed by atoms with Crippen LogP contribution in [0.1, 0.15) is 13.8 Å². The number of hydrogen-bond acceptors (Lipinski definition) is 6. The lowest BCUT2D eigenvalue weighted by molar-refractivity contribution is -0.148. The van der Waals surface area contributed by atoms with E-state index in [0.717, 1.165) is 12.2 Å². The number of nitrogens with zero attached hydrogens (tertiary/aromatic N) is 1. The van der Waals surface area contributed by atoms with E-state index in [1.54, 1.807) is 13.0 Å². The van der Waals surface area contributed by atoms with Crippen molar-refractivity contribution >= 4 is 35.3 Å². The number of rotatable bonds is 6. The molecule has 7 nitrogen and oxygen atoms in total. The highest BCUT2D eigenvalue weighted by Gasteiger charge is 2.17. The third kappa shape index (κ3) is 6.36. The Balaban J connectivity index is 2.48. The van der Waals surface area contributed by atoms with Crippen molar-refractivity contribution in [2.75, 3.05) is 11.9 Å². The number of amides is 1. The Morgan fingerprint density at radius 3 is 2.59 bits per heavy atom. The van der Waals surface area contributed by atoms with Gasteiger partial charge in [0.1, 0.15) is 5.82 Å². The Morgan fingerprint density at radius 2 is 2.00 bits per heavy atom. The second-order valence-electron chi connectivity index (χ2n) is 4.02. The molecule has 0 aliphatic heterocycles. The number of pyridine rings is 1. The minimum Gasteiger partial charge on any atom is -0.463 e. The van der Waals surface area contributed by atoms with Crippen molar-refractivity contribution in [1.29, 1.82) is 0 Å². The number of ether oxygens (including phenoxy) is 2. The van der Waals surface area contributed by atoms with Gasteiger partial charge in [0.25, 0.3) is 5.91 Å². The first-order chi connectivity index (χ1) is 10.4. The minimum atomic E-state index is -1.06. The first-order valence-corrected chi connectivity index (χ1v) is 6.78. The molecule has 0 aliphatic carbocycles. The lowest BCUT2D eigenvalue weighted by Gasteiger charge is -2.11. The summed E-state index contributed by atoms with van der Waals surface area (Å²) >= 11 is 5.67. The summed E-state index contributed by atoms with van der Waals surface area (Å²) in [5, 5.41) is 2.89. The van der Waals surface area contributed by atoms with Crippen LogP contribution in [0.4, 0.5) is 5.82 Å². The van der Waals surface area contributed by atoms with Gasteiger partial charge in [0.2, 0.25) is 0 Å². The highest BCUT2D eigenvalue weighted by atomic mass is 35.5. The maximum atomic E-state index is 11.8. The van der Waals surface area contributed by atoms with Crippen LogP contribution in [0, 0.1) is 0 Å². The molecule has 0 bridgehead atoms. The van der Waals surface area contributed by atoms with E-state index < -0.39 is 23.9 Å². The fraction of sp³-hybridized carbons (Fsp3) is 0.286. The molecule has 0 radical (unpaired) electrons. The van der Waals surface area contributed by atoms with Gasteiger partial charge < -0.3 is 14.8 Å². The zero-order valence-corrected chi connectivity index (χ0v) is 12.8. The van der Waals surface area contributed by atoms with Crippen LogP contribution in [0.15, 0.2) is 30.5 Å². The molecule has 8 heteroatoms. The summed E-state index contributed by atoms with van der Waals surface area (Å²) in [5.41, 5.74) is 0. The molecule has 0 saturated carbocycles. The third-order valence-corrected chi connectivity index (χ3v) is 2.51. The van der Waals surface area contributed by atoms with Gasteiger partial charge in [-0.1, -0.05) is 11.6 Å². The van der Waals surface area contributed by atoms with E-state index in [1.807, 2.05) is 0 Å². The molecule has 0 aromatic carbocycles.